The monoisotopic (exact) mass is 418 g/mol. The zero-order valence-electron chi connectivity index (χ0n) is 15.8. The molecule has 0 aromatic heterocycles. The van der Waals surface area contributed by atoms with Gasteiger partial charge < -0.3 is 24.8 Å². The molecule has 1 heterocycles. The summed E-state index contributed by atoms with van der Waals surface area (Å²) in [6.07, 6.45) is 0.419. The number of carbonyl (C=O) groups excluding carboxylic acids is 2. The Morgan fingerprint density at radius 1 is 1.26 bits per heavy atom. The lowest BCUT2D eigenvalue weighted by Gasteiger charge is -2.24. The van der Waals surface area contributed by atoms with Crippen molar-refractivity contribution in [3.05, 3.63) is 23.8 Å². The van der Waals surface area contributed by atoms with Gasteiger partial charge in [-0.1, -0.05) is 6.07 Å². The van der Waals surface area contributed by atoms with Crippen LogP contribution in [0.3, 0.4) is 0 Å². The third-order valence-corrected chi connectivity index (χ3v) is 5.30. The first kappa shape index (κ1) is 23.4. The Hall–Kier alpha value is -1.64. The third-order valence-electron chi connectivity index (χ3n) is 4.17. The van der Waals surface area contributed by atoms with E-state index in [1.807, 2.05) is 17.8 Å². The lowest BCUT2D eigenvalue weighted by molar-refractivity contribution is -0.141. The summed E-state index contributed by atoms with van der Waals surface area (Å²) in [5.74, 6) is 2.60. The highest BCUT2D eigenvalue weighted by atomic mass is 35.5. The molecule has 0 saturated carbocycles. The van der Waals surface area contributed by atoms with E-state index in [1.165, 1.54) is 7.11 Å². The molecule has 1 fully saturated rings. The molecule has 1 aliphatic rings. The Balaban J connectivity index is 0.00000364. The fraction of sp³-hybridized carbons (Fsp3) is 0.556. The van der Waals surface area contributed by atoms with Gasteiger partial charge in [-0.3, -0.25) is 9.59 Å². The van der Waals surface area contributed by atoms with Crippen LogP contribution in [0, 0.1) is 0 Å². The van der Waals surface area contributed by atoms with Gasteiger partial charge in [0.05, 0.1) is 33.8 Å². The number of methoxy groups -OCH3 is 3. The highest BCUT2D eigenvalue weighted by Gasteiger charge is 2.23. The number of ether oxygens (including phenoxy) is 3. The van der Waals surface area contributed by atoms with E-state index < -0.39 is 12.0 Å². The smallest absolute Gasteiger partial charge is 0.307 e. The summed E-state index contributed by atoms with van der Waals surface area (Å²) in [4.78, 5) is 24.3. The third kappa shape index (κ3) is 7.12. The van der Waals surface area contributed by atoms with Gasteiger partial charge in [-0.15, -0.1) is 12.4 Å². The average Bonchev–Trinajstić information content (AvgIpc) is 2.67. The van der Waals surface area contributed by atoms with Gasteiger partial charge in [0.2, 0.25) is 5.91 Å². The number of nitrogens with one attached hydrogen (secondary N) is 2. The quantitative estimate of drug-likeness (QED) is 0.624. The molecular formula is C18H27ClN2O5S. The molecule has 27 heavy (non-hydrogen) atoms. The van der Waals surface area contributed by atoms with Crippen LogP contribution in [0.1, 0.15) is 24.4 Å². The maximum absolute atomic E-state index is 12.5. The summed E-state index contributed by atoms with van der Waals surface area (Å²) in [5, 5.41) is 6.29. The van der Waals surface area contributed by atoms with E-state index in [9.17, 15) is 9.59 Å². The summed E-state index contributed by atoms with van der Waals surface area (Å²) < 4.78 is 15.3. The van der Waals surface area contributed by atoms with E-state index >= 15 is 0 Å². The maximum atomic E-state index is 12.5. The Morgan fingerprint density at radius 3 is 2.59 bits per heavy atom. The molecule has 1 aromatic rings. The second kappa shape index (κ2) is 11.9. The summed E-state index contributed by atoms with van der Waals surface area (Å²) in [5.41, 5.74) is 0.757. The first-order chi connectivity index (χ1) is 12.6. The van der Waals surface area contributed by atoms with Crippen molar-refractivity contribution in [1.82, 2.24) is 10.6 Å². The molecular weight excluding hydrogens is 392 g/mol. The number of hydrogen-bond acceptors (Lipinski definition) is 7. The van der Waals surface area contributed by atoms with Crippen LogP contribution < -0.4 is 20.1 Å². The van der Waals surface area contributed by atoms with Gasteiger partial charge in [0, 0.05) is 30.5 Å². The molecule has 152 valence electrons. The van der Waals surface area contributed by atoms with Crippen molar-refractivity contribution in [2.75, 3.05) is 39.4 Å². The summed E-state index contributed by atoms with van der Waals surface area (Å²) >= 11 is 1.84. The van der Waals surface area contributed by atoms with Crippen molar-refractivity contribution in [3.8, 4) is 11.5 Å². The maximum Gasteiger partial charge on any atom is 0.307 e. The topological polar surface area (TPSA) is 85.9 Å². The first-order valence-corrected chi connectivity index (χ1v) is 9.62. The SMILES string of the molecule is COC(=O)CC(NC(=O)CC1CSCCN1)c1ccc(OC)c(OC)c1.Cl. The van der Waals surface area contributed by atoms with Gasteiger partial charge in [-0.25, -0.2) is 0 Å². The number of thioether (sulfide) groups is 1. The Morgan fingerprint density at radius 2 is 2.00 bits per heavy atom. The largest absolute Gasteiger partial charge is 0.493 e. The average molecular weight is 419 g/mol. The number of carbonyl (C=O) groups is 2. The second-order valence-electron chi connectivity index (χ2n) is 5.94. The Bertz CT molecular complexity index is 626. The number of esters is 1. The highest BCUT2D eigenvalue weighted by Crippen LogP contribution is 2.31. The molecule has 1 aromatic carbocycles. The van der Waals surface area contributed by atoms with Crippen molar-refractivity contribution in [1.29, 1.82) is 0 Å². The lowest BCUT2D eigenvalue weighted by atomic mass is 10.0. The molecule has 0 spiro atoms. The van der Waals surface area contributed by atoms with E-state index in [1.54, 1.807) is 26.4 Å². The van der Waals surface area contributed by atoms with Crippen molar-refractivity contribution in [2.45, 2.75) is 24.9 Å². The van der Waals surface area contributed by atoms with Crippen LogP contribution in [0.15, 0.2) is 18.2 Å². The first-order valence-electron chi connectivity index (χ1n) is 8.46. The van der Waals surface area contributed by atoms with Gasteiger partial charge in [0.25, 0.3) is 0 Å². The molecule has 1 saturated heterocycles. The van der Waals surface area contributed by atoms with Gasteiger partial charge in [0.1, 0.15) is 0 Å². The molecule has 1 aliphatic heterocycles. The number of hydrogen-bond donors (Lipinski definition) is 2. The normalized spacial score (nSPS) is 17.2. The summed E-state index contributed by atoms with van der Waals surface area (Å²) in [6.45, 7) is 0.907. The molecule has 2 unspecified atom stereocenters. The van der Waals surface area contributed by atoms with Crippen LogP contribution >= 0.6 is 24.2 Å². The Labute approximate surface area is 170 Å². The van der Waals surface area contributed by atoms with Crippen molar-refractivity contribution >= 4 is 36.0 Å². The van der Waals surface area contributed by atoms with E-state index in [0.29, 0.717) is 17.9 Å². The minimum Gasteiger partial charge on any atom is -0.493 e. The van der Waals surface area contributed by atoms with E-state index in [4.69, 9.17) is 14.2 Å². The molecule has 0 radical (unpaired) electrons. The second-order valence-corrected chi connectivity index (χ2v) is 7.09. The van der Waals surface area contributed by atoms with Crippen LogP contribution in [0.5, 0.6) is 11.5 Å². The number of benzene rings is 1. The molecule has 1 amide bonds. The molecule has 0 aliphatic carbocycles. The van der Waals surface area contributed by atoms with Gasteiger partial charge in [-0.05, 0) is 17.7 Å². The van der Waals surface area contributed by atoms with Crippen LogP contribution in [-0.4, -0.2) is 57.3 Å². The van der Waals surface area contributed by atoms with Crippen LogP contribution in [0.25, 0.3) is 0 Å². The lowest BCUT2D eigenvalue weighted by Crippen LogP contribution is -2.42. The molecule has 2 rings (SSSR count). The molecule has 2 atom stereocenters. The number of halogens is 1. The number of amides is 1. The number of rotatable bonds is 8. The van der Waals surface area contributed by atoms with Gasteiger partial charge in [0.15, 0.2) is 11.5 Å². The van der Waals surface area contributed by atoms with Crippen LogP contribution in [0.2, 0.25) is 0 Å². The molecule has 0 bridgehead atoms. The zero-order valence-corrected chi connectivity index (χ0v) is 17.4. The van der Waals surface area contributed by atoms with E-state index in [2.05, 4.69) is 10.6 Å². The van der Waals surface area contributed by atoms with E-state index in [0.717, 1.165) is 23.6 Å². The minimum atomic E-state index is -0.494. The standard InChI is InChI=1S/C18H26N2O5S.ClH/c1-23-15-5-4-12(8-16(15)24-2)14(10-18(22)25-3)20-17(21)9-13-11-26-7-6-19-13;/h4-5,8,13-14,19H,6-7,9-11H2,1-3H3,(H,20,21);1H. The minimum absolute atomic E-state index is 0. The zero-order chi connectivity index (χ0) is 18.9. The Kier molecular flexibility index (Phi) is 10.4. The van der Waals surface area contributed by atoms with E-state index in [-0.39, 0.29) is 30.8 Å². The summed E-state index contributed by atoms with van der Waals surface area (Å²) in [6, 6.07) is 4.99. The van der Waals surface area contributed by atoms with Gasteiger partial charge >= 0.3 is 5.97 Å². The van der Waals surface area contributed by atoms with Gasteiger partial charge in [-0.2, -0.15) is 11.8 Å². The van der Waals surface area contributed by atoms with Crippen molar-refractivity contribution in [2.24, 2.45) is 0 Å². The highest BCUT2D eigenvalue weighted by molar-refractivity contribution is 7.99. The van der Waals surface area contributed by atoms with Crippen LogP contribution in [0.4, 0.5) is 0 Å². The molecule has 7 nitrogen and oxygen atoms in total. The summed E-state index contributed by atoms with van der Waals surface area (Å²) in [7, 11) is 4.43. The van der Waals surface area contributed by atoms with Crippen molar-refractivity contribution in [3.63, 3.8) is 0 Å². The van der Waals surface area contributed by atoms with Crippen molar-refractivity contribution < 1.29 is 23.8 Å². The molecule has 2 N–H and O–H groups in total. The fourth-order valence-corrected chi connectivity index (χ4v) is 3.75. The molecule has 9 heteroatoms. The predicted octanol–water partition coefficient (Wildman–Crippen LogP) is 1.94. The van der Waals surface area contributed by atoms with Crippen LogP contribution in [-0.2, 0) is 14.3 Å². The predicted molar refractivity (Wildman–Crippen MR) is 108 cm³/mol. The fourth-order valence-electron chi connectivity index (χ4n) is 2.80.